The monoisotopic (exact) mass is 266 g/mol. The first-order chi connectivity index (χ1) is 9.42. The van der Waals surface area contributed by atoms with Gasteiger partial charge < -0.3 is 4.74 Å². The van der Waals surface area contributed by atoms with Gasteiger partial charge in [0.25, 0.3) is 0 Å². The minimum absolute atomic E-state index is 0.258. The van der Waals surface area contributed by atoms with Gasteiger partial charge in [-0.25, -0.2) is 0 Å². The molecule has 94 valence electrons. The van der Waals surface area contributed by atoms with Crippen molar-refractivity contribution in [3.8, 4) is 5.75 Å². The summed E-state index contributed by atoms with van der Waals surface area (Å²) in [7, 11) is 0. The molecule has 0 saturated heterocycles. The molecule has 0 spiro atoms. The molecule has 2 unspecified atom stereocenters. The van der Waals surface area contributed by atoms with E-state index in [-0.39, 0.29) is 6.10 Å². The van der Waals surface area contributed by atoms with Crippen molar-refractivity contribution in [1.29, 1.82) is 0 Å². The Morgan fingerprint density at radius 1 is 1.05 bits per heavy atom. The van der Waals surface area contributed by atoms with Crippen LogP contribution in [0.1, 0.15) is 6.42 Å². The van der Waals surface area contributed by atoms with Crippen LogP contribution in [-0.4, -0.2) is 11.4 Å². The largest absolute Gasteiger partial charge is 0.487 e. The van der Waals surface area contributed by atoms with E-state index in [1.54, 1.807) is 0 Å². The highest BCUT2D eigenvalue weighted by atomic mass is 32.2. The lowest BCUT2D eigenvalue weighted by Gasteiger charge is -2.31. The molecule has 0 N–H and O–H groups in total. The Hall–Kier alpha value is -1.67. The molecule has 2 aromatic carbocycles. The molecule has 1 aliphatic heterocycles. The third kappa shape index (κ3) is 1.87. The maximum Gasteiger partial charge on any atom is 0.134 e. The molecule has 2 heteroatoms. The second kappa shape index (κ2) is 4.46. The van der Waals surface area contributed by atoms with E-state index in [1.165, 1.54) is 15.7 Å². The highest BCUT2D eigenvalue weighted by Gasteiger charge is 2.29. The van der Waals surface area contributed by atoms with Gasteiger partial charge in [0.05, 0.1) is 10.1 Å². The van der Waals surface area contributed by atoms with Crippen molar-refractivity contribution in [2.24, 2.45) is 0 Å². The highest BCUT2D eigenvalue weighted by Crippen LogP contribution is 2.45. The minimum Gasteiger partial charge on any atom is -0.487 e. The van der Waals surface area contributed by atoms with Gasteiger partial charge in [-0.15, -0.1) is 11.8 Å². The van der Waals surface area contributed by atoms with Crippen molar-refractivity contribution in [3.63, 3.8) is 0 Å². The zero-order valence-corrected chi connectivity index (χ0v) is 11.3. The van der Waals surface area contributed by atoms with Gasteiger partial charge in [-0.1, -0.05) is 54.6 Å². The van der Waals surface area contributed by atoms with Crippen LogP contribution >= 0.6 is 11.8 Å². The van der Waals surface area contributed by atoms with Crippen molar-refractivity contribution < 1.29 is 4.74 Å². The molecular formula is C17H14OS. The number of hydrogen-bond donors (Lipinski definition) is 0. The Morgan fingerprint density at radius 3 is 3.00 bits per heavy atom. The molecule has 0 saturated carbocycles. The molecule has 0 aromatic heterocycles. The van der Waals surface area contributed by atoms with Crippen molar-refractivity contribution in [2.75, 3.05) is 0 Å². The first kappa shape index (κ1) is 11.2. The molecule has 1 nitrogen and oxygen atoms in total. The van der Waals surface area contributed by atoms with Gasteiger partial charge in [0.2, 0.25) is 0 Å². The molecule has 19 heavy (non-hydrogen) atoms. The maximum atomic E-state index is 6.20. The summed E-state index contributed by atoms with van der Waals surface area (Å²) in [6, 6.07) is 12.8. The molecule has 0 fully saturated rings. The minimum atomic E-state index is 0.258. The van der Waals surface area contributed by atoms with Crippen LogP contribution < -0.4 is 4.74 Å². The van der Waals surface area contributed by atoms with Gasteiger partial charge >= 0.3 is 0 Å². The van der Waals surface area contributed by atoms with E-state index in [0.717, 1.165) is 12.2 Å². The first-order valence-electron chi connectivity index (χ1n) is 6.60. The molecule has 1 aliphatic carbocycles. The summed E-state index contributed by atoms with van der Waals surface area (Å²) in [5.74, 6) is 1.04. The molecule has 4 rings (SSSR count). The van der Waals surface area contributed by atoms with Crippen LogP contribution in [0.15, 0.2) is 65.6 Å². The van der Waals surface area contributed by atoms with Crippen LogP contribution in [0.3, 0.4) is 0 Å². The van der Waals surface area contributed by atoms with Crippen LogP contribution in [0.2, 0.25) is 0 Å². The van der Waals surface area contributed by atoms with E-state index < -0.39 is 0 Å². The fraction of sp³-hybridized carbons (Fsp3) is 0.176. The molecular weight excluding hydrogens is 252 g/mol. The van der Waals surface area contributed by atoms with E-state index in [9.17, 15) is 0 Å². The standard InChI is InChI=1S/C17H14OS/c1-2-8-14-16(9-3-1)19-17-13-7-5-4-6-12(13)10-11-15(17)18-14/h1-7,9-11,14,16H,8H2. The van der Waals surface area contributed by atoms with Crippen LogP contribution in [-0.2, 0) is 0 Å². The maximum absolute atomic E-state index is 6.20. The number of benzene rings is 2. The number of hydrogen-bond acceptors (Lipinski definition) is 2. The Bertz CT molecular complexity index is 687. The van der Waals surface area contributed by atoms with Gasteiger partial charge in [0.1, 0.15) is 11.9 Å². The zero-order valence-electron chi connectivity index (χ0n) is 10.5. The second-order valence-electron chi connectivity index (χ2n) is 4.90. The molecule has 0 bridgehead atoms. The predicted octanol–water partition coefficient (Wildman–Crippen LogP) is 4.58. The molecule has 0 radical (unpaired) electrons. The fourth-order valence-electron chi connectivity index (χ4n) is 2.69. The van der Waals surface area contributed by atoms with E-state index >= 15 is 0 Å². The lowest BCUT2D eigenvalue weighted by atomic mass is 10.1. The van der Waals surface area contributed by atoms with Crippen molar-refractivity contribution in [1.82, 2.24) is 0 Å². The summed E-state index contributed by atoms with van der Waals surface area (Å²) >= 11 is 1.93. The molecule has 2 aliphatic rings. The normalized spacial score (nSPS) is 24.4. The van der Waals surface area contributed by atoms with Crippen LogP contribution in [0.4, 0.5) is 0 Å². The van der Waals surface area contributed by atoms with Crippen LogP contribution in [0, 0.1) is 0 Å². The van der Waals surface area contributed by atoms with E-state index in [4.69, 9.17) is 4.74 Å². The van der Waals surface area contributed by atoms with Gasteiger partial charge in [-0.05, 0) is 16.8 Å². The van der Waals surface area contributed by atoms with Gasteiger partial charge in [-0.3, -0.25) is 0 Å². The molecule has 1 heterocycles. The number of thioether (sulfide) groups is 1. The zero-order chi connectivity index (χ0) is 12.7. The highest BCUT2D eigenvalue weighted by molar-refractivity contribution is 8.00. The number of rotatable bonds is 0. The Labute approximate surface area is 117 Å². The predicted molar refractivity (Wildman–Crippen MR) is 80.9 cm³/mol. The van der Waals surface area contributed by atoms with Crippen molar-refractivity contribution in [2.45, 2.75) is 22.7 Å². The summed E-state index contributed by atoms with van der Waals surface area (Å²) in [5.41, 5.74) is 0. The molecule has 2 aromatic rings. The third-order valence-electron chi connectivity index (χ3n) is 3.66. The van der Waals surface area contributed by atoms with E-state index in [0.29, 0.717) is 5.25 Å². The summed E-state index contributed by atoms with van der Waals surface area (Å²) < 4.78 is 6.20. The average molecular weight is 266 g/mol. The Morgan fingerprint density at radius 2 is 2.00 bits per heavy atom. The van der Waals surface area contributed by atoms with E-state index in [2.05, 4.69) is 60.7 Å². The summed E-state index contributed by atoms with van der Waals surface area (Å²) in [5, 5.41) is 2.99. The number of fused-ring (bicyclic) bond motifs is 4. The Balaban J connectivity index is 1.85. The van der Waals surface area contributed by atoms with Crippen LogP contribution in [0.25, 0.3) is 10.8 Å². The number of ether oxygens (including phenoxy) is 1. The van der Waals surface area contributed by atoms with Crippen molar-refractivity contribution in [3.05, 3.63) is 60.7 Å². The van der Waals surface area contributed by atoms with Gasteiger partial charge in [0, 0.05) is 6.42 Å². The summed E-state index contributed by atoms with van der Waals surface area (Å²) in [6.45, 7) is 0. The quantitative estimate of drug-likeness (QED) is 0.690. The number of allylic oxidation sites excluding steroid dienone is 2. The summed E-state index contributed by atoms with van der Waals surface area (Å²) in [6.07, 6.45) is 9.94. The topological polar surface area (TPSA) is 9.23 Å². The smallest absolute Gasteiger partial charge is 0.134 e. The third-order valence-corrected chi connectivity index (χ3v) is 5.05. The first-order valence-corrected chi connectivity index (χ1v) is 7.48. The SMILES string of the molecule is C1=CCC2Oc3ccc4ccccc4c3SC2C=C1. The summed E-state index contributed by atoms with van der Waals surface area (Å²) in [4.78, 5) is 1.28. The van der Waals surface area contributed by atoms with Crippen LogP contribution in [0.5, 0.6) is 5.75 Å². The van der Waals surface area contributed by atoms with E-state index in [1.807, 2.05) is 11.8 Å². The Kier molecular flexibility index (Phi) is 2.63. The fourth-order valence-corrected chi connectivity index (χ4v) is 3.99. The van der Waals surface area contributed by atoms with Crippen molar-refractivity contribution >= 4 is 22.5 Å². The lowest BCUT2D eigenvalue weighted by molar-refractivity contribution is 0.203. The second-order valence-corrected chi connectivity index (χ2v) is 6.09. The molecule has 2 atom stereocenters. The average Bonchev–Trinajstić information content (AvgIpc) is 2.69. The van der Waals surface area contributed by atoms with Gasteiger partial charge in [0.15, 0.2) is 0 Å². The van der Waals surface area contributed by atoms with Gasteiger partial charge in [-0.2, -0.15) is 0 Å². The lowest BCUT2D eigenvalue weighted by Crippen LogP contribution is -2.30. The molecule has 0 amide bonds.